The quantitative estimate of drug-likeness (QED) is 0.692. The van der Waals surface area contributed by atoms with Crippen LogP contribution >= 0.6 is 0 Å². The average Bonchev–Trinajstić information content (AvgIpc) is 3.07. The van der Waals surface area contributed by atoms with Crippen LogP contribution in [0.15, 0.2) is 0 Å². The van der Waals surface area contributed by atoms with Gasteiger partial charge in [-0.2, -0.15) is 0 Å². The van der Waals surface area contributed by atoms with Gasteiger partial charge in [0, 0.05) is 13.0 Å². The predicted molar refractivity (Wildman–Crippen MR) is 59.8 cm³/mol. The van der Waals surface area contributed by atoms with Crippen LogP contribution in [0, 0.1) is 0 Å². The molecule has 6 heteroatoms. The van der Waals surface area contributed by atoms with Crippen LogP contribution in [-0.4, -0.2) is 41.3 Å². The maximum Gasteiger partial charge on any atom is 0.360 e. The topological polar surface area (TPSA) is 66.2 Å². The summed E-state index contributed by atoms with van der Waals surface area (Å²) in [5.41, 5.74) is 1.27. The fourth-order valence-electron chi connectivity index (χ4n) is 1.77. The standard InChI is InChI=1S/C11H17N3O3/c1-3-17-11(15)9-10(8-4-5-8)14(13-12-9)6-7-16-2/h8H,3-7H2,1-2H3. The van der Waals surface area contributed by atoms with E-state index in [9.17, 15) is 4.79 Å². The van der Waals surface area contributed by atoms with Crippen LogP contribution < -0.4 is 0 Å². The number of carbonyl (C=O) groups excluding carboxylic acids is 1. The summed E-state index contributed by atoms with van der Waals surface area (Å²) >= 11 is 0. The normalized spacial score (nSPS) is 14.9. The number of rotatable bonds is 6. The van der Waals surface area contributed by atoms with Crippen molar-refractivity contribution >= 4 is 5.97 Å². The van der Waals surface area contributed by atoms with Crippen LogP contribution in [-0.2, 0) is 16.0 Å². The van der Waals surface area contributed by atoms with E-state index in [4.69, 9.17) is 9.47 Å². The second kappa shape index (κ2) is 5.27. The maximum atomic E-state index is 11.7. The zero-order valence-electron chi connectivity index (χ0n) is 10.2. The molecule has 1 saturated carbocycles. The fraction of sp³-hybridized carbons (Fsp3) is 0.727. The summed E-state index contributed by atoms with van der Waals surface area (Å²) in [7, 11) is 1.64. The van der Waals surface area contributed by atoms with E-state index >= 15 is 0 Å². The molecule has 1 aromatic rings. The summed E-state index contributed by atoms with van der Waals surface area (Å²) < 4.78 is 11.7. The van der Waals surface area contributed by atoms with Gasteiger partial charge in [-0.1, -0.05) is 5.21 Å². The van der Waals surface area contributed by atoms with Gasteiger partial charge in [-0.3, -0.25) is 0 Å². The van der Waals surface area contributed by atoms with Crippen molar-refractivity contribution in [1.29, 1.82) is 0 Å². The Morgan fingerprint density at radius 1 is 1.53 bits per heavy atom. The molecule has 94 valence electrons. The molecule has 1 heterocycles. The summed E-state index contributed by atoms with van der Waals surface area (Å²) in [6.07, 6.45) is 2.18. The maximum absolute atomic E-state index is 11.7. The number of ether oxygens (including phenoxy) is 2. The van der Waals surface area contributed by atoms with Gasteiger partial charge in [-0.25, -0.2) is 9.48 Å². The van der Waals surface area contributed by atoms with E-state index in [0.29, 0.717) is 31.4 Å². The monoisotopic (exact) mass is 239 g/mol. The summed E-state index contributed by atoms with van der Waals surface area (Å²) in [6.45, 7) is 3.32. The van der Waals surface area contributed by atoms with E-state index in [2.05, 4.69) is 10.3 Å². The number of methoxy groups -OCH3 is 1. The highest BCUT2D eigenvalue weighted by molar-refractivity contribution is 5.88. The van der Waals surface area contributed by atoms with Crippen molar-refractivity contribution in [2.45, 2.75) is 32.2 Å². The minimum Gasteiger partial charge on any atom is -0.461 e. The highest BCUT2D eigenvalue weighted by Crippen LogP contribution is 2.41. The predicted octanol–water partition coefficient (Wildman–Crippen LogP) is 0.979. The molecule has 1 aromatic heterocycles. The molecule has 0 N–H and O–H groups in total. The lowest BCUT2D eigenvalue weighted by Gasteiger charge is -2.05. The number of esters is 1. The molecule has 0 amide bonds. The third kappa shape index (κ3) is 2.63. The second-order valence-corrected chi connectivity index (χ2v) is 4.03. The van der Waals surface area contributed by atoms with Crippen molar-refractivity contribution in [2.24, 2.45) is 0 Å². The van der Waals surface area contributed by atoms with E-state index in [0.717, 1.165) is 18.5 Å². The highest BCUT2D eigenvalue weighted by atomic mass is 16.5. The first-order valence-electron chi connectivity index (χ1n) is 5.87. The number of hydrogen-bond donors (Lipinski definition) is 0. The Bertz CT molecular complexity index is 399. The Morgan fingerprint density at radius 3 is 2.88 bits per heavy atom. The van der Waals surface area contributed by atoms with Gasteiger partial charge >= 0.3 is 5.97 Å². The lowest BCUT2D eigenvalue weighted by molar-refractivity contribution is 0.0518. The SMILES string of the molecule is CCOC(=O)c1nnn(CCOC)c1C1CC1. The smallest absolute Gasteiger partial charge is 0.360 e. The summed E-state index contributed by atoms with van der Waals surface area (Å²) in [4.78, 5) is 11.7. The van der Waals surface area contributed by atoms with Gasteiger partial charge in [-0.15, -0.1) is 5.10 Å². The summed E-state index contributed by atoms with van der Waals surface area (Å²) in [6, 6.07) is 0. The van der Waals surface area contributed by atoms with Gasteiger partial charge in [0.25, 0.3) is 0 Å². The first-order valence-corrected chi connectivity index (χ1v) is 5.87. The molecule has 0 aromatic carbocycles. The molecular weight excluding hydrogens is 222 g/mol. The van der Waals surface area contributed by atoms with Gasteiger partial charge in [0.15, 0.2) is 5.69 Å². The Kier molecular flexibility index (Phi) is 3.73. The lowest BCUT2D eigenvalue weighted by Crippen LogP contribution is -2.12. The van der Waals surface area contributed by atoms with E-state index in [-0.39, 0.29) is 5.97 Å². The van der Waals surface area contributed by atoms with Crippen molar-refractivity contribution < 1.29 is 14.3 Å². The molecule has 6 nitrogen and oxygen atoms in total. The van der Waals surface area contributed by atoms with Crippen molar-refractivity contribution in [3.63, 3.8) is 0 Å². The first kappa shape index (κ1) is 12.0. The molecule has 0 spiro atoms. The molecule has 1 aliphatic rings. The Labute approximate surface area is 99.9 Å². The molecule has 1 fully saturated rings. The summed E-state index contributed by atoms with van der Waals surface area (Å²) in [5, 5.41) is 7.94. The summed E-state index contributed by atoms with van der Waals surface area (Å²) in [5.74, 6) is 0.0272. The van der Waals surface area contributed by atoms with Crippen LogP contribution in [0.4, 0.5) is 0 Å². The molecule has 0 bridgehead atoms. The first-order chi connectivity index (χ1) is 8.27. The molecule has 1 aliphatic carbocycles. The van der Waals surface area contributed by atoms with Gasteiger partial charge in [0.1, 0.15) is 0 Å². The molecular formula is C11H17N3O3. The van der Waals surface area contributed by atoms with E-state index < -0.39 is 0 Å². The van der Waals surface area contributed by atoms with E-state index in [1.807, 2.05) is 0 Å². The molecule has 0 saturated heterocycles. The second-order valence-electron chi connectivity index (χ2n) is 4.03. The van der Waals surface area contributed by atoms with Crippen molar-refractivity contribution in [1.82, 2.24) is 15.0 Å². The largest absolute Gasteiger partial charge is 0.461 e. The van der Waals surface area contributed by atoms with Crippen LogP contribution in [0.25, 0.3) is 0 Å². The third-order valence-electron chi connectivity index (χ3n) is 2.71. The van der Waals surface area contributed by atoms with Crippen LogP contribution in [0.5, 0.6) is 0 Å². The Morgan fingerprint density at radius 2 is 2.29 bits per heavy atom. The lowest BCUT2D eigenvalue weighted by atomic mass is 10.2. The van der Waals surface area contributed by atoms with Gasteiger partial charge < -0.3 is 9.47 Å². The van der Waals surface area contributed by atoms with E-state index in [1.54, 1.807) is 18.7 Å². The molecule has 17 heavy (non-hydrogen) atoms. The minimum absolute atomic E-state index is 0.355. The molecule has 0 unspecified atom stereocenters. The average molecular weight is 239 g/mol. The van der Waals surface area contributed by atoms with Gasteiger partial charge in [0.05, 0.1) is 25.5 Å². The molecule has 2 rings (SSSR count). The highest BCUT2D eigenvalue weighted by Gasteiger charge is 2.34. The third-order valence-corrected chi connectivity index (χ3v) is 2.71. The number of nitrogens with zero attached hydrogens (tertiary/aromatic N) is 3. The zero-order valence-corrected chi connectivity index (χ0v) is 10.2. The number of aromatic nitrogens is 3. The zero-order chi connectivity index (χ0) is 12.3. The van der Waals surface area contributed by atoms with Crippen LogP contribution in [0.2, 0.25) is 0 Å². The van der Waals surface area contributed by atoms with Gasteiger partial charge in [0.2, 0.25) is 0 Å². The van der Waals surface area contributed by atoms with Gasteiger partial charge in [-0.05, 0) is 19.8 Å². The Balaban J connectivity index is 2.20. The number of carbonyl (C=O) groups is 1. The fourth-order valence-corrected chi connectivity index (χ4v) is 1.77. The van der Waals surface area contributed by atoms with E-state index in [1.165, 1.54) is 0 Å². The Hall–Kier alpha value is -1.43. The minimum atomic E-state index is -0.377. The molecule has 0 aliphatic heterocycles. The van der Waals surface area contributed by atoms with Crippen LogP contribution in [0.3, 0.4) is 0 Å². The van der Waals surface area contributed by atoms with Crippen molar-refractivity contribution in [2.75, 3.05) is 20.3 Å². The molecule has 0 atom stereocenters. The van der Waals surface area contributed by atoms with Crippen LogP contribution in [0.1, 0.15) is 41.9 Å². The van der Waals surface area contributed by atoms with Crippen molar-refractivity contribution in [3.8, 4) is 0 Å². The molecule has 0 radical (unpaired) electrons. The number of hydrogen-bond acceptors (Lipinski definition) is 5. The van der Waals surface area contributed by atoms with Crippen molar-refractivity contribution in [3.05, 3.63) is 11.4 Å².